The van der Waals surface area contributed by atoms with Gasteiger partial charge in [-0.2, -0.15) is 0 Å². The minimum atomic E-state index is 0.352. The molecule has 1 aromatic carbocycles. The highest BCUT2D eigenvalue weighted by atomic mass is 16.3. The van der Waals surface area contributed by atoms with Crippen molar-refractivity contribution in [3.05, 3.63) is 29.8 Å². The summed E-state index contributed by atoms with van der Waals surface area (Å²) in [6.45, 7) is 2.18. The van der Waals surface area contributed by atoms with E-state index < -0.39 is 0 Å². The molecule has 0 bridgehead atoms. The Labute approximate surface area is 105 Å². The van der Waals surface area contributed by atoms with Gasteiger partial charge in [0, 0.05) is 0 Å². The van der Waals surface area contributed by atoms with Crippen LogP contribution in [0.5, 0.6) is 5.75 Å². The summed E-state index contributed by atoms with van der Waals surface area (Å²) in [6, 6.07) is 7.44. The number of unbranched alkanes of at least 4 members (excludes halogenated alkanes) is 1. The molecule has 0 radical (unpaired) electrons. The summed E-state index contributed by atoms with van der Waals surface area (Å²) in [5, 5.41) is 8.98. The molecule has 0 heterocycles. The van der Waals surface area contributed by atoms with Crippen molar-refractivity contribution in [2.24, 2.45) is 11.8 Å². The first kappa shape index (κ1) is 12.5. The van der Waals surface area contributed by atoms with Crippen LogP contribution in [0.25, 0.3) is 0 Å². The van der Waals surface area contributed by atoms with Crippen LogP contribution in [-0.4, -0.2) is 5.11 Å². The maximum Gasteiger partial charge on any atom is 0.115 e. The second-order valence-corrected chi connectivity index (χ2v) is 5.46. The molecule has 0 aromatic heterocycles. The van der Waals surface area contributed by atoms with E-state index >= 15 is 0 Å². The first-order chi connectivity index (χ1) is 8.29. The lowest BCUT2D eigenvalue weighted by atomic mass is 10.1. The van der Waals surface area contributed by atoms with Gasteiger partial charge in [-0.15, -0.1) is 0 Å². The lowest BCUT2D eigenvalue weighted by molar-refractivity contribution is 0.475. The zero-order valence-corrected chi connectivity index (χ0v) is 10.9. The highest BCUT2D eigenvalue weighted by Crippen LogP contribution is 2.51. The number of phenols is 1. The molecule has 0 saturated heterocycles. The third kappa shape index (κ3) is 4.07. The number of hydrogen-bond donors (Lipinski definition) is 1. The average Bonchev–Trinajstić information content (AvgIpc) is 2.96. The van der Waals surface area contributed by atoms with E-state index in [1.807, 2.05) is 12.1 Å². The van der Waals surface area contributed by atoms with E-state index in [-0.39, 0.29) is 0 Å². The smallest absolute Gasteiger partial charge is 0.115 e. The second kappa shape index (κ2) is 6.09. The van der Waals surface area contributed by atoms with Gasteiger partial charge in [-0.05, 0) is 48.8 Å². The molecule has 1 nitrogen and oxygen atoms in total. The molecule has 1 aromatic rings. The summed E-state index contributed by atoms with van der Waals surface area (Å²) in [7, 11) is 0. The van der Waals surface area contributed by atoms with Crippen LogP contribution in [0.4, 0.5) is 0 Å². The van der Waals surface area contributed by atoms with Gasteiger partial charge in [0.25, 0.3) is 0 Å². The van der Waals surface area contributed by atoms with Gasteiger partial charge in [0.05, 0.1) is 0 Å². The van der Waals surface area contributed by atoms with E-state index in [1.165, 1.54) is 36.7 Å². The summed E-state index contributed by atoms with van der Waals surface area (Å²) < 4.78 is 0. The molecule has 3 rings (SSSR count). The molecule has 2 saturated carbocycles. The molecule has 1 heteroatoms. The molecular formula is C16H24O. The van der Waals surface area contributed by atoms with Crippen LogP contribution in [0, 0.1) is 11.8 Å². The van der Waals surface area contributed by atoms with Gasteiger partial charge >= 0.3 is 0 Å². The third-order valence-corrected chi connectivity index (χ3v) is 3.97. The van der Waals surface area contributed by atoms with E-state index in [4.69, 9.17) is 5.11 Å². The molecule has 17 heavy (non-hydrogen) atoms. The normalized spacial score (nSPS) is 24.8. The molecule has 1 N–H and O–H groups in total. The van der Waals surface area contributed by atoms with Crippen molar-refractivity contribution in [3.63, 3.8) is 0 Å². The van der Waals surface area contributed by atoms with Gasteiger partial charge in [-0.25, -0.2) is 0 Å². The average molecular weight is 232 g/mol. The van der Waals surface area contributed by atoms with Crippen molar-refractivity contribution in [1.82, 2.24) is 0 Å². The molecule has 0 aliphatic heterocycles. The minimum Gasteiger partial charge on any atom is -0.508 e. The molecule has 0 spiro atoms. The lowest BCUT2D eigenvalue weighted by Crippen LogP contribution is -1.82. The van der Waals surface area contributed by atoms with E-state index in [1.54, 1.807) is 31.4 Å². The summed E-state index contributed by atoms with van der Waals surface area (Å²) in [6.07, 6.45) is 9.81. The number of benzene rings is 1. The molecule has 2 aliphatic carbocycles. The monoisotopic (exact) mass is 232 g/mol. The predicted molar refractivity (Wildman–Crippen MR) is 72.2 cm³/mol. The van der Waals surface area contributed by atoms with Gasteiger partial charge in [0.2, 0.25) is 0 Å². The summed E-state index contributed by atoms with van der Waals surface area (Å²) in [4.78, 5) is 0. The summed E-state index contributed by atoms with van der Waals surface area (Å²) in [5.74, 6) is 2.78. The summed E-state index contributed by atoms with van der Waals surface area (Å²) in [5.41, 5.74) is 1.31. The Balaban J connectivity index is 0.000000148. The molecule has 2 aliphatic rings. The van der Waals surface area contributed by atoms with E-state index in [2.05, 4.69) is 6.92 Å². The maximum atomic E-state index is 8.98. The zero-order valence-electron chi connectivity index (χ0n) is 10.9. The topological polar surface area (TPSA) is 20.2 Å². The highest BCUT2D eigenvalue weighted by molar-refractivity contribution is 5.25. The van der Waals surface area contributed by atoms with Crippen molar-refractivity contribution in [2.75, 3.05) is 0 Å². The third-order valence-electron chi connectivity index (χ3n) is 3.97. The SMILES string of the molecule is C1CC2CC2C1.CCCCc1ccc(O)cc1. The highest BCUT2D eigenvalue weighted by Gasteiger charge is 2.40. The maximum absolute atomic E-state index is 8.98. The Morgan fingerprint density at radius 3 is 2.18 bits per heavy atom. The lowest BCUT2D eigenvalue weighted by Gasteiger charge is -1.98. The van der Waals surface area contributed by atoms with Gasteiger partial charge in [-0.3, -0.25) is 0 Å². The summed E-state index contributed by atoms with van der Waals surface area (Å²) >= 11 is 0. The van der Waals surface area contributed by atoms with Gasteiger partial charge in [0.1, 0.15) is 5.75 Å². The minimum absolute atomic E-state index is 0.352. The number of phenolic OH excluding ortho intramolecular Hbond substituents is 1. The van der Waals surface area contributed by atoms with Crippen molar-refractivity contribution in [3.8, 4) is 5.75 Å². The van der Waals surface area contributed by atoms with Crippen molar-refractivity contribution >= 4 is 0 Å². The Kier molecular flexibility index (Phi) is 4.47. The molecule has 0 amide bonds. The number of rotatable bonds is 3. The number of fused-ring (bicyclic) bond motifs is 1. The van der Waals surface area contributed by atoms with E-state index in [0.717, 1.165) is 6.42 Å². The van der Waals surface area contributed by atoms with E-state index in [0.29, 0.717) is 5.75 Å². The molecule has 94 valence electrons. The van der Waals surface area contributed by atoms with E-state index in [9.17, 15) is 0 Å². The van der Waals surface area contributed by atoms with Crippen LogP contribution >= 0.6 is 0 Å². The van der Waals surface area contributed by atoms with Crippen molar-refractivity contribution < 1.29 is 5.11 Å². The Morgan fingerprint density at radius 2 is 1.76 bits per heavy atom. The fourth-order valence-corrected chi connectivity index (χ4v) is 2.70. The van der Waals surface area contributed by atoms with Gasteiger partial charge < -0.3 is 5.11 Å². The Morgan fingerprint density at radius 1 is 1.12 bits per heavy atom. The second-order valence-electron chi connectivity index (χ2n) is 5.46. The van der Waals surface area contributed by atoms with Crippen LogP contribution in [0.2, 0.25) is 0 Å². The van der Waals surface area contributed by atoms with Crippen LogP contribution in [-0.2, 0) is 6.42 Å². The van der Waals surface area contributed by atoms with Gasteiger partial charge in [-0.1, -0.05) is 44.7 Å². The number of aryl methyl sites for hydroxylation is 1. The first-order valence-corrected chi connectivity index (χ1v) is 7.07. The molecule has 2 atom stereocenters. The fourth-order valence-electron chi connectivity index (χ4n) is 2.70. The van der Waals surface area contributed by atoms with Crippen molar-refractivity contribution in [1.29, 1.82) is 0 Å². The van der Waals surface area contributed by atoms with Crippen LogP contribution < -0.4 is 0 Å². The molecule has 2 unspecified atom stereocenters. The zero-order chi connectivity index (χ0) is 12.1. The number of aromatic hydroxyl groups is 1. The standard InChI is InChI=1S/C10H14O.C6H10/c1-2-3-4-9-5-7-10(11)8-6-9;1-2-5-4-6(5)3-1/h5-8,11H,2-4H2,1H3;5-6H,1-4H2. The largest absolute Gasteiger partial charge is 0.508 e. The van der Waals surface area contributed by atoms with Crippen molar-refractivity contribution in [2.45, 2.75) is 51.9 Å². The van der Waals surface area contributed by atoms with Crippen LogP contribution in [0.15, 0.2) is 24.3 Å². The van der Waals surface area contributed by atoms with Gasteiger partial charge in [0.15, 0.2) is 0 Å². The number of hydrogen-bond acceptors (Lipinski definition) is 1. The predicted octanol–water partition coefficient (Wildman–Crippen LogP) is 4.54. The molecule has 2 fully saturated rings. The quantitative estimate of drug-likeness (QED) is 0.811. The first-order valence-electron chi connectivity index (χ1n) is 7.07. The van der Waals surface area contributed by atoms with Crippen LogP contribution in [0.1, 0.15) is 51.0 Å². The van der Waals surface area contributed by atoms with Crippen LogP contribution in [0.3, 0.4) is 0 Å². The fraction of sp³-hybridized carbons (Fsp3) is 0.625. The molecular weight excluding hydrogens is 208 g/mol. The Hall–Kier alpha value is -0.980. The Bertz CT molecular complexity index is 320.